The Morgan fingerprint density at radius 2 is 1.45 bits per heavy atom. The van der Waals surface area contributed by atoms with Crippen LogP contribution in [0.25, 0.3) is 0 Å². The molecule has 3 nitrogen and oxygen atoms in total. The average Bonchev–Trinajstić information content (AvgIpc) is 2.86. The first-order valence-electron chi connectivity index (χ1n) is 12.3. The fourth-order valence-corrected chi connectivity index (χ4v) is 4.79. The zero-order chi connectivity index (χ0) is 29.9. The molecular weight excluding hydrogens is 567 g/mol. The summed E-state index contributed by atoms with van der Waals surface area (Å²) in [5, 5.41) is 9.73. The molecule has 3 rings (SSSR count). The van der Waals surface area contributed by atoms with Gasteiger partial charge in [0.05, 0.1) is 12.1 Å². The van der Waals surface area contributed by atoms with E-state index in [1.807, 2.05) is 0 Å². The molecule has 1 N–H and O–H groups in total. The molecule has 2 unspecified atom stereocenters. The number of nitrogens with zero attached hydrogens (tertiary/aromatic N) is 1. The zero-order valence-corrected chi connectivity index (χ0v) is 20.8. The maximum Gasteiger partial charge on any atom is 0.455 e. The van der Waals surface area contributed by atoms with Crippen molar-refractivity contribution < 1.29 is 58.1 Å². The summed E-state index contributed by atoms with van der Waals surface area (Å²) in [5.74, 6) is -7.01. The summed E-state index contributed by atoms with van der Waals surface area (Å²) in [5.41, 5.74) is -1.43. The van der Waals surface area contributed by atoms with E-state index in [0.29, 0.717) is 19.3 Å². The van der Waals surface area contributed by atoms with E-state index in [4.69, 9.17) is 4.74 Å². The molecule has 0 amide bonds. The highest BCUT2D eigenvalue weighted by Gasteiger charge is 2.66. The number of aliphatic hydroxyl groups is 1. The molecule has 1 aliphatic carbocycles. The van der Waals surface area contributed by atoms with E-state index in [2.05, 4.69) is 0 Å². The highest BCUT2D eigenvalue weighted by molar-refractivity contribution is 5.53. The second-order valence-electron chi connectivity index (χ2n) is 9.66. The molecule has 1 fully saturated rings. The number of ether oxygens (including phenoxy) is 1. The van der Waals surface area contributed by atoms with Gasteiger partial charge in [0.25, 0.3) is 0 Å². The molecule has 0 saturated heterocycles. The third-order valence-electron chi connectivity index (χ3n) is 6.74. The van der Waals surface area contributed by atoms with Gasteiger partial charge in [0, 0.05) is 11.8 Å². The molecule has 0 aliphatic heterocycles. The van der Waals surface area contributed by atoms with Crippen LogP contribution >= 0.6 is 0 Å². The summed E-state index contributed by atoms with van der Waals surface area (Å²) < 4.78 is 155. The fraction of sp³-hybridized carbons (Fsp3) is 0.538. The van der Waals surface area contributed by atoms with Crippen LogP contribution in [0.3, 0.4) is 0 Å². The third kappa shape index (κ3) is 7.70. The molecule has 0 aromatic heterocycles. The van der Waals surface area contributed by atoms with E-state index in [-0.39, 0.29) is 29.1 Å². The van der Waals surface area contributed by atoms with Gasteiger partial charge in [-0.1, -0.05) is 37.5 Å². The number of alkyl halides is 11. The van der Waals surface area contributed by atoms with Crippen molar-refractivity contribution in [3.05, 3.63) is 59.7 Å². The summed E-state index contributed by atoms with van der Waals surface area (Å²) in [4.78, 5) is 0.221. The highest BCUT2D eigenvalue weighted by Crippen LogP contribution is 2.47. The predicted molar refractivity (Wildman–Crippen MR) is 123 cm³/mol. The predicted octanol–water partition coefficient (Wildman–Crippen LogP) is 8.16. The minimum atomic E-state index is -6.10. The lowest BCUT2D eigenvalue weighted by Gasteiger charge is -2.45. The van der Waals surface area contributed by atoms with E-state index in [0.717, 1.165) is 36.4 Å². The van der Waals surface area contributed by atoms with Crippen LogP contribution in [0.4, 0.5) is 54.0 Å². The van der Waals surface area contributed by atoms with Gasteiger partial charge in [-0.25, -0.2) is 0 Å². The molecule has 2 aromatic carbocycles. The van der Waals surface area contributed by atoms with Crippen molar-refractivity contribution in [3.8, 4) is 5.75 Å². The number of rotatable bonds is 9. The van der Waals surface area contributed by atoms with Crippen LogP contribution in [0.1, 0.15) is 43.2 Å². The molecule has 40 heavy (non-hydrogen) atoms. The van der Waals surface area contributed by atoms with E-state index < -0.39 is 66.9 Å². The Bertz CT molecular complexity index is 1110. The number of anilines is 1. The van der Waals surface area contributed by atoms with Gasteiger partial charge in [-0.2, -0.15) is 48.3 Å². The van der Waals surface area contributed by atoms with E-state index in [9.17, 15) is 44.6 Å². The van der Waals surface area contributed by atoms with Gasteiger partial charge in [0.1, 0.15) is 18.4 Å². The van der Waals surface area contributed by atoms with Gasteiger partial charge in [-0.3, -0.25) is 0 Å². The molecule has 0 spiro atoms. The molecular formula is C26H26F11NO2. The summed E-state index contributed by atoms with van der Waals surface area (Å²) in [7, 11) is 0. The van der Waals surface area contributed by atoms with Crippen LogP contribution in [0.5, 0.6) is 5.75 Å². The van der Waals surface area contributed by atoms with E-state index >= 15 is 8.78 Å². The smallest absolute Gasteiger partial charge is 0.455 e. The lowest BCUT2D eigenvalue weighted by molar-refractivity contribution is -0.295. The highest BCUT2D eigenvalue weighted by atomic mass is 19.4. The average molecular weight is 593 g/mol. The van der Waals surface area contributed by atoms with Crippen molar-refractivity contribution in [2.75, 3.05) is 11.4 Å². The van der Waals surface area contributed by atoms with Crippen LogP contribution in [-0.2, 0) is 12.8 Å². The topological polar surface area (TPSA) is 32.7 Å². The van der Waals surface area contributed by atoms with Crippen molar-refractivity contribution in [1.82, 2.24) is 0 Å². The van der Waals surface area contributed by atoms with Crippen LogP contribution in [0.15, 0.2) is 48.5 Å². The van der Waals surface area contributed by atoms with Crippen LogP contribution < -0.4 is 9.64 Å². The van der Waals surface area contributed by atoms with Crippen molar-refractivity contribution in [3.63, 3.8) is 0 Å². The Morgan fingerprint density at radius 3 is 2.02 bits per heavy atom. The van der Waals surface area contributed by atoms with Gasteiger partial charge in [-0.05, 0) is 48.6 Å². The summed E-state index contributed by atoms with van der Waals surface area (Å²) >= 11 is 0. The summed E-state index contributed by atoms with van der Waals surface area (Å²) in [6, 6.07) is 5.52. The normalized spacial score (nSPS) is 17.4. The van der Waals surface area contributed by atoms with Crippen LogP contribution in [-0.4, -0.2) is 42.1 Å². The van der Waals surface area contributed by atoms with Crippen LogP contribution in [0.2, 0.25) is 0 Å². The Hall–Kier alpha value is -2.77. The van der Waals surface area contributed by atoms with Gasteiger partial charge in [-0.15, -0.1) is 0 Å². The lowest BCUT2D eigenvalue weighted by Crippen LogP contribution is -2.61. The SMILES string of the molecule is OC(CN(c1cccc(OCc2cccc(C(F)(F)F)c2)c1)C(C1CCCCC1)C(F)(F)C(F)(F)F)C(F)(F)F. The lowest BCUT2D eigenvalue weighted by atomic mass is 9.80. The molecule has 1 saturated carbocycles. The second-order valence-corrected chi connectivity index (χ2v) is 9.66. The first-order chi connectivity index (χ1) is 18.4. The number of aliphatic hydroxyl groups excluding tert-OH is 1. The Labute approximate surface area is 222 Å². The zero-order valence-electron chi connectivity index (χ0n) is 20.8. The maximum absolute atomic E-state index is 15.0. The molecule has 224 valence electrons. The van der Waals surface area contributed by atoms with Crippen molar-refractivity contribution in [1.29, 1.82) is 0 Å². The fourth-order valence-electron chi connectivity index (χ4n) is 4.79. The van der Waals surface area contributed by atoms with Gasteiger partial charge in [0.2, 0.25) is 0 Å². The number of benzene rings is 2. The number of hydrogen-bond donors (Lipinski definition) is 1. The molecule has 0 heterocycles. The van der Waals surface area contributed by atoms with Crippen molar-refractivity contribution >= 4 is 5.69 Å². The van der Waals surface area contributed by atoms with Gasteiger partial charge in [0.15, 0.2) is 6.10 Å². The van der Waals surface area contributed by atoms with Gasteiger partial charge >= 0.3 is 24.5 Å². The first kappa shape index (κ1) is 31.8. The van der Waals surface area contributed by atoms with E-state index in [1.54, 1.807) is 0 Å². The Kier molecular flexibility index (Phi) is 9.52. The molecule has 0 radical (unpaired) electrons. The monoisotopic (exact) mass is 593 g/mol. The van der Waals surface area contributed by atoms with Crippen molar-refractivity contribution in [2.24, 2.45) is 5.92 Å². The largest absolute Gasteiger partial charge is 0.489 e. The number of halogens is 11. The molecule has 0 bridgehead atoms. The quantitative estimate of drug-likeness (QED) is 0.298. The molecule has 2 aromatic rings. The van der Waals surface area contributed by atoms with Crippen LogP contribution in [0, 0.1) is 5.92 Å². The third-order valence-corrected chi connectivity index (χ3v) is 6.74. The molecule has 14 heteroatoms. The summed E-state index contributed by atoms with van der Waals surface area (Å²) in [6.45, 7) is -2.09. The van der Waals surface area contributed by atoms with Gasteiger partial charge < -0.3 is 14.7 Å². The van der Waals surface area contributed by atoms with E-state index in [1.165, 1.54) is 12.1 Å². The number of hydrogen-bond acceptors (Lipinski definition) is 3. The minimum Gasteiger partial charge on any atom is -0.489 e. The summed E-state index contributed by atoms with van der Waals surface area (Å²) in [6.07, 6.45) is -18.4. The minimum absolute atomic E-state index is 0.0493. The Morgan fingerprint density at radius 1 is 0.825 bits per heavy atom. The molecule has 1 aliphatic rings. The second kappa shape index (κ2) is 12.0. The first-order valence-corrected chi connectivity index (χ1v) is 12.3. The standard InChI is InChI=1S/C26H26F11NO2/c27-23(28,26(35,36)37)22(17-7-2-1-3-8-17)38(14-21(39)25(32,33)34)19-10-5-11-20(13-19)40-15-16-6-4-9-18(12-16)24(29,30)31/h4-6,9-13,17,21-22,39H,1-3,7-8,14-15H2. The maximum atomic E-state index is 15.0. The Balaban J connectivity index is 2.00. The van der Waals surface area contributed by atoms with Crippen molar-refractivity contribution in [2.45, 2.75) is 75.3 Å². The molecule has 2 atom stereocenters.